The highest BCUT2D eigenvalue weighted by Crippen LogP contribution is 2.26. The van der Waals surface area contributed by atoms with Crippen molar-refractivity contribution in [2.45, 2.75) is 25.0 Å². The Balaban J connectivity index is 1.75. The average molecular weight is 328 g/mol. The minimum absolute atomic E-state index is 0.0849. The normalized spacial score (nSPS) is 27.2. The van der Waals surface area contributed by atoms with Gasteiger partial charge in [0, 0.05) is 19.6 Å². The number of hydrogen-bond acceptors (Lipinski definition) is 5. The third-order valence-electron chi connectivity index (χ3n) is 4.30. The fourth-order valence-electron chi connectivity index (χ4n) is 3.23. The molecule has 2 atom stereocenters. The standard InChI is InChI=1S/C14H20N2O5S/c1-22(18,19)16-7-9-21-13-3-6-15(5-2-12(13)16)14(17)11-4-8-20-10-11/h4,8,10,12-13H,2-3,5-7,9H2,1H3. The summed E-state index contributed by atoms with van der Waals surface area (Å²) < 4.78 is 36.1. The molecule has 3 heterocycles. The summed E-state index contributed by atoms with van der Waals surface area (Å²) in [6.07, 6.45) is 5.21. The van der Waals surface area contributed by atoms with Gasteiger partial charge in [0.05, 0.1) is 36.8 Å². The van der Waals surface area contributed by atoms with Crippen LogP contribution in [-0.4, -0.2) is 68.2 Å². The summed E-state index contributed by atoms with van der Waals surface area (Å²) in [5, 5.41) is 0. The summed E-state index contributed by atoms with van der Waals surface area (Å²) in [6.45, 7) is 1.86. The molecule has 2 saturated heterocycles. The van der Waals surface area contributed by atoms with E-state index >= 15 is 0 Å². The van der Waals surface area contributed by atoms with Gasteiger partial charge in [-0.05, 0) is 18.9 Å². The molecule has 0 aliphatic carbocycles. The lowest BCUT2D eigenvalue weighted by molar-refractivity contribution is -0.0406. The quantitative estimate of drug-likeness (QED) is 0.792. The number of likely N-dealkylation sites (tertiary alicyclic amines) is 1. The van der Waals surface area contributed by atoms with E-state index < -0.39 is 10.0 Å². The van der Waals surface area contributed by atoms with Gasteiger partial charge >= 0.3 is 0 Å². The topological polar surface area (TPSA) is 80.1 Å². The van der Waals surface area contributed by atoms with E-state index in [0.717, 1.165) is 0 Å². The number of carbonyl (C=O) groups excluding carboxylic acids is 1. The Bertz CT molecular complexity index is 628. The number of morpholine rings is 1. The maximum absolute atomic E-state index is 12.4. The van der Waals surface area contributed by atoms with Crippen molar-refractivity contribution in [2.75, 3.05) is 32.5 Å². The van der Waals surface area contributed by atoms with Gasteiger partial charge in [-0.3, -0.25) is 4.79 Å². The van der Waals surface area contributed by atoms with Crippen LogP contribution in [-0.2, 0) is 14.8 Å². The molecule has 3 rings (SSSR count). The fraction of sp³-hybridized carbons (Fsp3) is 0.643. The van der Waals surface area contributed by atoms with Crippen LogP contribution in [0.25, 0.3) is 0 Å². The molecule has 7 nitrogen and oxygen atoms in total. The SMILES string of the molecule is CS(=O)(=O)N1CCOC2CCN(C(=O)c3ccoc3)CCC21. The van der Waals surface area contributed by atoms with Crippen LogP contribution in [0.5, 0.6) is 0 Å². The molecule has 1 aromatic heterocycles. The highest BCUT2D eigenvalue weighted by atomic mass is 32.2. The van der Waals surface area contributed by atoms with E-state index in [0.29, 0.717) is 44.6 Å². The van der Waals surface area contributed by atoms with E-state index in [1.54, 1.807) is 11.0 Å². The Labute approximate surface area is 129 Å². The first-order valence-electron chi connectivity index (χ1n) is 7.37. The summed E-state index contributed by atoms with van der Waals surface area (Å²) in [4.78, 5) is 14.1. The maximum Gasteiger partial charge on any atom is 0.257 e. The first-order valence-corrected chi connectivity index (χ1v) is 9.21. The zero-order valence-electron chi connectivity index (χ0n) is 12.5. The van der Waals surface area contributed by atoms with E-state index in [-0.39, 0.29) is 18.1 Å². The molecule has 2 aliphatic heterocycles. The molecule has 122 valence electrons. The first kappa shape index (κ1) is 15.5. The number of hydrogen-bond donors (Lipinski definition) is 0. The van der Waals surface area contributed by atoms with E-state index in [1.165, 1.54) is 23.1 Å². The molecule has 1 amide bonds. The van der Waals surface area contributed by atoms with Gasteiger partial charge in [0.2, 0.25) is 10.0 Å². The van der Waals surface area contributed by atoms with Crippen LogP contribution < -0.4 is 0 Å². The molecule has 0 saturated carbocycles. The van der Waals surface area contributed by atoms with Crippen LogP contribution in [0.2, 0.25) is 0 Å². The number of ether oxygens (including phenoxy) is 1. The van der Waals surface area contributed by atoms with Gasteiger partial charge < -0.3 is 14.1 Å². The highest BCUT2D eigenvalue weighted by Gasteiger charge is 2.39. The Morgan fingerprint density at radius 3 is 2.73 bits per heavy atom. The van der Waals surface area contributed by atoms with Crippen LogP contribution in [0.1, 0.15) is 23.2 Å². The molecule has 0 aromatic carbocycles. The number of furan rings is 1. The van der Waals surface area contributed by atoms with Crippen LogP contribution >= 0.6 is 0 Å². The van der Waals surface area contributed by atoms with Crippen molar-refractivity contribution in [3.8, 4) is 0 Å². The summed E-state index contributed by atoms with van der Waals surface area (Å²) in [7, 11) is -3.26. The second-order valence-electron chi connectivity index (χ2n) is 5.73. The van der Waals surface area contributed by atoms with Crippen LogP contribution in [0, 0.1) is 0 Å². The minimum atomic E-state index is -3.26. The van der Waals surface area contributed by atoms with E-state index in [2.05, 4.69) is 0 Å². The lowest BCUT2D eigenvalue weighted by Crippen LogP contribution is -2.53. The van der Waals surface area contributed by atoms with Gasteiger partial charge in [-0.25, -0.2) is 8.42 Å². The summed E-state index contributed by atoms with van der Waals surface area (Å²) in [6, 6.07) is 1.45. The van der Waals surface area contributed by atoms with Crippen molar-refractivity contribution < 1.29 is 22.4 Å². The van der Waals surface area contributed by atoms with Crippen LogP contribution in [0.3, 0.4) is 0 Å². The van der Waals surface area contributed by atoms with Crippen molar-refractivity contribution in [3.05, 3.63) is 24.2 Å². The third kappa shape index (κ3) is 3.04. The van der Waals surface area contributed by atoms with E-state index in [1.807, 2.05) is 0 Å². The second-order valence-corrected chi connectivity index (χ2v) is 7.67. The second kappa shape index (κ2) is 6.02. The van der Waals surface area contributed by atoms with Crippen molar-refractivity contribution in [3.63, 3.8) is 0 Å². The number of nitrogens with zero attached hydrogens (tertiary/aromatic N) is 2. The Morgan fingerprint density at radius 1 is 1.27 bits per heavy atom. The number of fused-ring (bicyclic) bond motifs is 1. The van der Waals surface area contributed by atoms with Gasteiger partial charge in [0.25, 0.3) is 5.91 Å². The molecule has 0 radical (unpaired) electrons. The molecular formula is C14H20N2O5S. The first-order chi connectivity index (χ1) is 10.5. The van der Waals surface area contributed by atoms with Gasteiger partial charge in [0.15, 0.2) is 0 Å². The van der Waals surface area contributed by atoms with Crippen molar-refractivity contribution in [1.82, 2.24) is 9.21 Å². The van der Waals surface area contributed by atoms with Crippen molar-refractivity contribution in [2.24, 2.45) is 0 Å². The van der Waals surface area contributed by atoms with E-state index in [9.17, 15) is 13.2 Å². The Morgan fingerprint density at radius 2 is 2.05 bits per heavy atom. The van der Waals surface area contributed by atoms with Gasteiger partial charge in [-0.15, -0.1) is 0 Å². The third-order valence-corrected chi connectivity index (χ3v) is 5.61. The van der Waals surface area contributed by atoms with Crippen molar-refractivity contribution in [1.29, 1.82) is 0 Å². The predicted molar refractivity (Wildman–Crippen MR) is 78.9 cm³/mol. The van der Waals surface area contributed by atoms with Crippen LogP contribution in [0.4, 0.5) is 0 Å². The zero-order chi connectivity index (χ0) is 15.7. The Kier molecular flexibility index (Phi) is 4.24. The molecule has 2 fully saturated rings. The summed E-state index contributed by atoms with van der Waals surface area (Å²) in [5.41, 5.74) is 0.519. The summed E-state index contributed by atoms with van der Waals surface area (Å²) >= 11 is 0. The van der Waals surface area contributed by atoms with Crippen LogP contribution in [0.15, 0.2) is 23.0 Å². The number of carbonyl (C=O) groups is 1. The molecule has 0 N–H and O–H groups in total. The highest BCUT2D eigenvalue weighted by molar-refractivity contribution is 7.88. The number of rotatable bonds is 2. The average Bonchev–Trinajstić information content (AvgIpc) is 2.92. The molecule has 22 heavy (non-hydrogen) atoms. The minimum Gasteiger partial charge on any atom is -0.472 e. The molecule has 2 unspecified atom stereocenters. The molecule has 1 aromatic rings. The van der Waals surface area contributed by atoms with E-state index in [4.69, 9.17) is 9.15 Å². The lowest BCUT2D eigenvalue weighted by atomic mass is 10.0. The molecule has 8 heteroatoms. The smallest absolute Gasteiger partial charge is 0.257 e. The van der Waals surface area contributed by atoms with Gasteiger partial charge in [-0.1, -0.05) is 0 Å². The molecule has 0 spiro atoms. The predicted octanol–water partition coefficient (Wildman–Crippen LogP) is 0.545. The monoisotopic (exact) mass is 328 g/mol. The maximum atomic E-state index is 12.4. The summed E-state index contributed by atoms with van der Waals surface area (Å²) in [5.74, 6) is -0.0849. The zero-order valence-corrected chi connectivity index (χ0v) is 13.3. The Hall–Kier alpha value is -1.38. The largest absolute Gasteiger partial charge is 0.472 e. The molecule has 2 aliphatic rings. The van der Waals surface area contributed by atoms with Gasteiger partial charge in [-0.2, -0.15) is 4.31 Å². The number of sulfonamides is 1. The molecule has 0 bridgehead atoms. The van der Waals surface area contributed by atoms with Gasteiger partial charge in [0.1, 0.15) is 6.26 Å². The fourth-order valence-corrected chi connectivity index (χ4v) is 4.37. The van der Waals surface area contributed by atoms with Crippen molar-refractivity contribution >= 4 is 15.9 Å². The lowest BCUT2D eigenvalue weighted by Gasteiger charge is -2.38. The number of amides is 1. The molecular weight excluding hydrogens is 308 g/mol.